The molecule has 114 valence electrons. The van der Waals surface area contributed by atoms with Gasteiger partial charge in [0.1, 0.15) is 5.15 Å². The molecule has 1 heterocycles. The van der Waals surface area contributed by atoms with E-state index in [1.165, 1.54) is 5.56 Å². The molecule has 1 rings (SSSR count). The summed E-state index contributed by atoms with van der Waals surface area (Å²) in [4.78, 5) is 4.07. The van der Waals surface area contributed by atoms with E-state index < -0.39 is 6.10 Å². The Hall–Kier alpha value is -0.640. The summed E-state index contributed by atoms with van der Waals surface area (Å²) >= 11 is 6.01. The summed E-state index contributed by atoms with van der Waals surface area (Å²) in [6.45, 7) is 7.89. The summed E-state index contributed by atoms with van der Waals surface area (Å²) in [5, 5.41) is 10.2. The minimum absolute atomic E-state index is 0.0675. The highest BCUT2D eigenvalue weighted by molar-refractivity contribution is 6.30. The zero-order valence-corrected chi connectivity index (χ0v) is 13.7. The number of aromatic nitrogens is 1. The summed E-state index contributed by atoms with van der Waals surface area (Å²) < 4.78 is 5.86. The van der Waals surface area contributed by atoms with Crippen LogP contribution in [0.25, 0.3) is 0 Å². The molecule has 0 aromatic carbocycles. The smallest absolute Gasteiger partial charge is 0.132 e. The zero-order valence-electron chi connectivity index (χ0n) is 12.9. The largest absolute Gasteiger partial charge is 0.391 e. The van der Waals surface area contributed by atoms with Crippen LogP contribution in [0.2, 0.25) is 5.15 Å². The van der Waals surface area contributed by atoms with Gasteiger partial charge in [0, 0.05) is 6.20 Å². The quantitative estimate of drug-likeness (QED) is 0.740. The molecule has 1 aromatic rings. The number of aliphatic hydroxyl groups is 1. The minimum atomic E-state index is -0.413. The first-order chi connectivity index (χ1) is 9.45. The van der Waals surface area contributed by atoms with Crippen LogP contribution in [0.4, 0.5) is 0 Å². The van der Waals surface area contributed by atoms with E-state index in [1.807, 2.05) is 19.9 Å². The average molecular weight is 300 g/mol. The van der Waals surface area contributed by atoms with Gasteiger partial charge in [0.25, 0.3) is 0 Å². The van der Waals surface area contributed by atoms with Crippen LogP contribution in [-0.4, -0.2) is 28.4 Å². The fourth-order valence-corrected chi connectivity index (χ4v) is 2.49. The number of pyridine rings is 1. The summed E-state index contributed by atoms with van der Waals surface area (Å²) in [7, 11) is 0. The second kappa shape index (κ2) is 8.60. The van der Waals surface area contributed by atoms with Gasteiger partial charge >= 0.3 is 0 Å². The van der Waals surface area contributed by atoms with Crippen molar-refractivity contribution in [2.24, 2.45) is 0 Å². The molecule has 0 saturated heterocycles. The number of halogens is 1. The molecule has 1 N–H and O–H groups in total. The monoisotopic (exact) mass is 299 g/mol. The summed E-state index contributed by atoms with van der Waals surface area (Å²) in [5.74, 6) is 0. The van der Waals surface area contributed by atoms with Gasteiger partial charge in [0.15, 0.2) is 0 Å². The molecular weight excluding hydrogens is 274 g/mol. The maximum Gasteiger partial charge on any atom is 0.132 e. The van der Waals surface area contributed by atoms with Crippen LogP contribution in [0.3, 0.4) is 0 Å². The molecule has 0 aliphatic rings. The number of nitrogens with zero attached hydrogens (tertiary/aromatic N) is 1. The van der Waals surface area contributed by atoms with Crippen molar-refractivity contribution in [3.63, 3.8) is 0 Å². The first-order valence-corrected chi connectivity index (χ1v) is 7.77. The fraction of sp³-hybridized carbons (Fsp3) is 0.688. The maximum atomic E-state index is 9.58. The van der Waals surface area contributed by atoms with E-state index in [-0.39, 0.29) is 12.2 Å². The number of hydrogen-bond acceptors (Lipinski definition) is 3. The summed E-state index contributed by atoms with van der Waals surface area (Å²) in [6, 6.07) is 2.03. The Labute approximate surface area is 127 Å². The van der Waals surface area contributed by atoms with Gasteiger partial charge in [-0.1, -0.05) is 18.5 Å². The standard InChI is InChI=1S/C16H26ClNO2/c1-5-15(13(4)19)20-11(2)7-6-8-14-9-10-18-16(17)12(14)3/h9-11,13,15,19H,5-8H2,1-4H3/t11?,13-,15?/m1/s1. The van der Waals surface area contributed by atoms with Crippen molar-refractivity contribution in [3.8, 4) is 0 Å². The number of hydrogen-bond donors (Lipinski definition) is 1. The molecule has 0 bridgehead atoms. The molecule has 0 aliphatic heterocycles. The van der Waals surface area contributed by atoms with Gasteiger partial charge < -0.3 is 9.84 Å². The highest BCUT2D eigenvalue weighted by Gasteiger charge is 2.16. The van der Waals surface area contributed by atoms with Gasteiger partial charge in [-0.2, -0.15) is 0 Å². The molecule has 3 nitrogen and oxygen atoms in total. The van der Waals surface area contributed by atoms with E-state index in [0.717, 1.165) is 31.2 Å². The summed E-state index contributed by atoms with van der Waals surface area (Å²) in [5.41, 5.74) is 2.32. The van der Waals surface area contributed by atoms with Gasteiger partial charge in [0.05, 0.1) is 18.3 Å². The van der Waals surface area contributed by atoms with Crippen LogP contribution in [0, 0.1) is 6.92 Å². The lowest BCUT2D eigenvalue weighted by molar-refractivity contribution is -0.0684. The Morgan fingerprint density at radius 1 is 1.40 bits per heavy atom. The maximum absolute atomic E-state index is 9.58. The van der Waals surface area contributed by atoms with E-state index in [9.17, 15) is 5.11 Å². The van der Waals surface area contributed by atoms with Crippen LogP contribution in [0.1, 0.15) is 51.2 Å². The highest BCUT2D eigenvalue weighted by atomic mass is 35.5. The normalized spacial score (nSPS) is 15.9. The van der Waals surface area contributed by atoms with E-state index in [4.69, 9.17) is 16.3 Å². The lowest BCUT2D eigenvalue weighted by Gasteiger charge is -2.23. The van der Waals surface area contributed by atoms with Gasteiger partial charge in [0.2, 0.25) is 0 Å². The van der Waals surface area contributed by atoms with Crippen molar-refractivity contribution in [1.29, 1.82) is 0 Å². The Morgan fingerprint density at radius 2 is 2.10 bits per heavy atom. The van der Waals surface area contributed by atoms with Crippen molar-refractivity contribution in [2.45, 2.75) is 71.7 Å². The first-order valence-electron chi connectivity index (χ1n) is 7.39. The van der Waals surface area contributed by atoms with Crippen LogP contribution in [0.15, 0.2) is 12.3 Å². The second-order valence-electron chi connectivity index (χ2n) is 5.41. The number of ether oxygens (including phenoxy) is 1. The molecule has 3 atom stereocenters. The minimum Gasteiger partial charge on any atom is -0.391 e. The third-order valence-corrected chi connectivity index (χ3v) is 4.04. The lowest BCUT2D eigenvalue weighted by Crippen LogP contribution is -2.29. The molecular formula is C16H26ClNO2. The van der Waals surface area contributed by atoms with Crippen LogP contribution in [-0.2, 0) is 11.2 Å². The third kappa shape index (κ3) is 5.39. The van der Waals surface area contributed by atoms with Gasteiger partial charge in [-0.25, -0.2) is 4.98 Å². The van der Waals surface area contributed by atoms with Crippen molar-refractivity contribution >= 4 is 11.6 Å². The predicted molar refractivity (Wildman–Crippen MR) is 83.2 cm³/mol. The SMILES string of the molecule is CCC(OC(C)CCCc1ccnc(Cl)c1C)[C@@H](C)O. The summed E-state index contributed by atoms with van der Waals surface area (Å²) in [6.07, 6.45) is 5.26. The molecule has 4 heteroatoms. The van der Waals surface area contributed by atoms with Crippen molar-refractivity contribution in [2.75, 3.05) is 0 Å². The molecule has 20 heavy (non-hydrogen) atoms. The lowest BCUT2D eigenvalue weighted by atomic mass is 10.0. The van der Waals surface area contributed by atoms with E-state index >= 15 is 0 Å². The van der Waals surface area contributed by atoms with Crippen LogP contribution in [0.5, 0.6) is 0 Å². The fourth-order valence-electron chi connectivity index (χ4n) is 2.32. The van der Waals surface area contributed by atoms with E-state index in [0.29, 0.717) is 5.15 Å². The molecule has 2 unspecified atom stereocenters. The van der Waals surface area contributed by atoms with Crippen LogP contribution >= 0.6 is 11.6 Å². The molecule has 0 spiro atoms. The third-order valence-electron chi connectivity index (χ3n) is 3.66. The van der Waals surface area contributed by atoms with Crippen molar-refractivity contribution in [1.82, 2.24) is 4.98 Å². The highest BCUT2D eigenvalue weighted by Crippen LogP contribution is 2.19. The van der Waals surface area contributed by atoms with Crippen LogP contribution < -0.4 is 0 Å². The second-order valence-corrected chi connectivity index (χ2v) is 5.77. The van der Waals surface area contributed by atoms with Crippen molar-refractivity contribution < 1.29 is 9.84 Å². The zero-order chi connectivity index (χ0) is 15.1. The van der Waals surface area contributed by atoms with Gasteiger partial charge in [-0.05, 0) is 63.6 Å². The van der Waals surface area contributed by atoms with E-state index in [1.54, 1.807) is 13.1 Å². The Balaban J connectivity index is 2.38. The first kappa shape index (κ1) is 17.4. The van der Waals surface area contributed by atoms with Crippen molar-refractivity contribution in [3.05, 3.63) is 28.5 Å². The Bertz CT molecular complexity index is 409. The molecule has 0 aliphatic carbocycles. The molecule has 1 aromatic heterocycles. The van der Waals surface area contributed by atoms with Gasteiger partial charge in [-0.15, -0.1) is 0 Å². The van der Waals surface area contributed by atoms with E-state index in [2.05, 4.69) is 11.9 Å². The molecule has 0 radical (unpaired) electrons. The Kier molecular flexibility index (Phi) is 7.49. The Morgan fingerprint density at radius 3 is 2.70 bits per heavy atom. The molecule has 0 amide bonds. The molecule has 0 fully saturated rings. The molecule has 0 saturated carbocycles. The predicted octanol–water partition coefficient (Wildman–Crippen LogP) is 3.93. The average Bonchev–Trinajstić information content (AvgIpc) is 2.40. The number of aliphatic hydroxyl groups excluding tert-OH is 1. The number of rotatable bonds is 8. The number of aryl methyl sites for hydroxylation is 1. The van der Waals surface area contributed by atoms with Gasteiger partial charge in [-0.3, -0.25) is 0 Å². The topological polar surface area (TPSA) is 42.4 Å².